The highest BCUT2D eigenvalue weighted by molar-refractivity contribution is 5.52. The van der Waals surface area contributed by atoms with E-state index in [-0.39, 0.29) is 0 Å². The topological polar surface area (TPSA) is 17.8 Å². The number of imidazole rings is 1. The summed E-state index contributed by atoms with van der Waals surface area (Å²) in [6, 6.07) is 0. The van der Waals surface area contributed by atoms with E-state index in [1.54, 1.807) is 6.20 Å². The molecule has 12 heavy (non-hydrogen) atoms. The van der Waals surface area contributed by atoms with Crippen molar-refractivity contribution in [3.63, 3.8) is 0 Å². The van der Waals surface area contributed by atoms with Crippen molar-refractivity contribution < 1.29 is 0 Å². The smallest absolute Gasteiger partial charge is 0.137 e. The molecule has 1 aliphatic heterocycles. The van der Waals surface area contributed by atoms with Gasteiger partial charge in [-0.1, -0.05) is 12.7 Å². The van der Waals surface area contributed by atoms with Gasteiger partial charge in [0.2, 0.25) is 0 Å². The van der Waals surface area contributed by atoms with E-state index in [1.807, 2.05) is 23.0 Å². The maximum Gasteiger partial charge on any atom is 0.137 e. The Morgan fingerprint density at radius 1 is 1.50 bits per heavy atom. The molecule has 1 aliphatic rings. The average Bonchev–Trinajstić information content (AvgIpc) is 2.46. The molecule has 0 spiro atoms. The van der Waals surface area contributed by atoms with Crippen LogP contribution in [0.25, 0.3) is 12.3 Å². The zero-order valence-electron chi connectivity index (χ0n) is 6.99. The molecular weight excluding hydrogens is 148 g/mol. The van der Waals surface area contributed by atoms with Crippen molar-refractivity contribution in [2.45, 2.75) is 13.3 Å². The van der Waals surface area contributed by atoms with Gasteiger partial charge in [0.1, 0.15) is 5.82 Å². The fourth-order valence-electron chi connectivity index (χ4n) is 1.16. The summed E-state index contributed by atoms with van der Waals surface area (Å²) < 4.78 is 1.96. The van der Waals surface area contributed by atoms with Gasteiger partial charge < -0.3 is 0 Å². The predicted molar refractivity (Wildman–Crippen MR) is 49.3 cm³/mol. The number of rotatable bonds is 1. The molecule has 0 radical (unpaired) electrons. The van der Waals surface area contributed by atoms with Gasteiger partial charge >= 0.3 is 0 Å². The van der Waals surface area contributed by atoms with Crippen molar-refractivity contribution in [3.05, 3.63) is 35.6 Å². The second-order valence-corrected chi connectivity index (χ2v) is 2.68. The van der Waals surface area contributed by atoms with Crippen molar-refractivity contribution in [2.75, 3.05) is 0 Å². The molecule has 0 aliphatic carbocycles. The molecule has 0 bridgehead atoms. The fourth-order valence-corrected chi connectivity index (χ4v) is 1.16. The average molecular weight is 158 g/mol. The molecule has 0 saturated heterocycles. The number of nitrogens with zero attached hydrogens (tertiary/aromatic N) is 2. The molecule has 0 atom stereocenters. The normalized spacial score (nSPS) is 13.9. The van der Waals surface area contributed by atoms with Gasteiger partial charge in [-0.05, 0) is 24.1 Å². The second-order valence-electron chi connectivity index (χ2n) is 2.68. The van der Waals surface area contributed by atoms with Crippen LogP contribution in [0.4, 0.5) is 0 Å². The molecule has 60 valence electrons. The lowest BCUT2D eigenvalue weighted by molar-refractivity contribution is 1.11. The van der Waals surface area contributed by atoms with Gasteiger partial charge in [0.05, 0.1) is 6.20 Å². The molecule has 1 aromatic heterocycles. The Labute approximate surface area is 71.6 Å². The molecule has 2 nitrogen and oxygen atoms in total. The van der Waals surface area contributed by atoms with Crippen LogP contribution in [0, 0.1) is 0 Å². The monoisotopic (exact) mass is 158 g/mol. The molecule has 0 unspecified atom stereocenters. The fraction of sp³-hybridized carbons (Fsp3) is 0.200. The Hall–Kier alpha value is -1.53. The van der Waals surface area contributed by atoms with Crippen molar-refractivity contribution in [3.8, 4) is 0 Å². The highest BCUT2D eigenvalue weighted by Crippen LogP contribution is 2.10. The molecular formula is C10H10N2. The van der Waals surface area contributed by atoms with E-state index in [1.165, 1.54) is 5.57 Å². The van der Waals surface area contributed by atoms with E-state index in [2.05, 4.69) is 23.7 Å². The van der Waals surface area contributed by atoms with Gasteiger partial charge in [0.15, 0.2) is 0 Å². The molecule has 0 saturated carbocycles. The van der Waals surface area contributed by atoms with Crippen molar-refractivity contribution in [2.24, 2.45) is 0 Å². The Morgan fingerprint density at radius 2 is 2.42 bits per heavy atom. The van der Waals surface area contributed by atoms with E-state index in [9.17, 15) is 0 Å². The lowest BCUT2D eigenvalue weighted by Crippen LogP contribution is -1.85. The largest absolute Gasteiger partial charge is 0.300 e. The van der Waals surface area contributed by atoms with Crippen LogP contribution in [-0.4, -0.2) is 9.55 Å². The van der Waals surface area contributed by atoms with Crippen molar-refractivity contribution >= 4 is 12.3 Å². The molecule has 0 aromatic carbocycles. The van der Waals surface area contributed by atoms with Crippen molar-refractivity contribution in [1.82, 2.24) is 9.55 Å². The van der Waals surface area contributed by atoms with E-state index in [0.717, 1.165) is 12.2 Å². The zero-order valence-corrected chi connectivity index (χ0v) is 6.99. The number of hydrogen-bond donors (Lipinski definition) is 0. The van der Waals surface area contributed by atoms with Crippen LogP contribution in [0.2, 0.25) is 0 Å². The summed E-state index contributed by atoms with van der Waals surface area (Å²) in [5.41, 5.74) is 4.41. The molecule has 0 fully saturated rings. The van der Waals surface area contributed by atoms with Gasteiger partial charge in [0.25, 0.3) is 0 Å². The SMILES string of the molecule is CCC1=C=Cn2ccnc2C=C1. The first-order valence-electron chi connectivity index (χ1n) is 4.07. The zero-order chi connectivity index (χ0) is 8.39. The van der Waals surface area contributed by atoms with E-state index >= 15 is 0 Å². The summed E-state index contributed by atoms with van der Waals surface area (Å²) in [6.45, 7) is 2.12. The summed E-state index contributed by atoms with van der Waals surface area (Å²) >= 11 is 0. The van der Waals surface area contributed by atoms with Crippen molar-refractivity contribution in [1.29, 1.82) is 0 Å². The van der Waals surface area contributed by atoms with Gasteiger partial charge in [-0.25, -0.2) is 4.98 Å². The number of allylic oxidation sites excluding steroid dienone is 2. The Kier molecular flexibility index (Phi) is 1.69. The molecule has 2 heterocycles. The minimum atomic E-state index is 0.964. The molecule has 2 rings (SSSR count). The molecule has 1 aromatic rings. The van der Waals surface area contributed by atoms with Gasteiger partial charge in [0, 0.05) is 12.4 Å². The summed E-state index contributed by atoms with van der Waals surface area (Å²) in [7, 11) is 0. The van der Waals surface area contributed by atoms with Gasteiger partial charge in [-0.3, -0.25) is 4.57 Å². The highest BCUT2D eigenvalue weighted by atomic mass is 15.0. The van der Waals surface area contributed by atoms with Gasteiger partial charge in [-0.15, -0.1) is 0 Å². The summed E-state index contributed by atoms with van der Waals surface area (Å²) in [6.07, 6.45) is 10.7. The number of fused-ring (bicyclic) bond motifs is 1. The maximum absolute atomic E-state index is 4.18. The van der Waals surface area contributed by atoms with E-state index < -0.39 is 0 Å². The third-order valence-corrected chi connectivity index (χ3v) is 1.90. The minimum absolute atomic E-state index is 0.964. The first-order valence-corrected chi connectivity index (χ1v) is 4.07. The van der Waals surface area contributed by atoms with Crippen LogP contribution < -0.4 is 0 Å². The van der Waals surface area contributed by atoms with Crippen LogP contribution >= 0.6 is 0 Å². The first-order chi connectivity index (χ1) is 5.90. The first kappa shape index (κ1) is 7.14. The summed E-state index contributed by atoms with van der Waals surface area (Å²) in [5.74, 6) is 0.964. The Bertz CT molecular complexity index is 376. The summed E-state index contributed by atoms with van der Waals surface area (Å²) in [5, 5.41) is 0. The quantitative estimate of drug-likeness (QED) is 0.573. The predicted octanol–water partition coefficient (Wildman–Crippen LogP) is 2.32. The number of aromatic nitrogens is 2. The Morgan fingerprint density at radius 3 is 3.25 bits per heavy atom. The number of hydrogen-bond acceptors (Lipinski definition) is 1. The third-order valence-electron chi connectivity index (χ3n) is 1.90. The molecule has 0 N–H and O–H groups in total. The molecule has 0 amide bonds. The van der Waals surface area contributed by atoms with Crippen LogP contribution in [0.15, 0.2) is 29.8 Å². The minimum Gasteiger partial charge on any atom is -0.300 e. The van der Waals surface area contributed by atoms with Crippen LogP contribution in [-0.2, 0) is 0 Å². The van der Waals surface area contributed by atoms with Crippen LogP contribution in [0.1, 0.15) is 19.2 Å². The second kappa shape index (κ2) is 2.84. The third kappa shape index (κ3) is 1.13. The highest BCUT2D eigenvalue weighted by Gasteiger charge is 1.97. The molecule has 2 heteroatoms. The van der Waals surface area contributed by atoms with Crippen LogP contribution in [0.5, 0.6) is 0 Å². The van der Waals surface area contributed by atoms with Crippen LogP contribution in [0.3, 0.4) is 0 Å². The Balaban J connectivity index is 2.51. The van der Waals surface area contributed by atoms with Gasteiger partial charge in [-0.2, -0.15) is 0 Å². The van der Waals surface area contributed by atoms with E-state index in [0.29, 0.717) is 0 Å². The maximum atomic E-state index is 4.18. The van der Waals surface area contributed by atoms with E-state index in [4.69, 9.17) is 0 Å². The standard InChI is InChI=1S/C10H10N2/c1-2-9-3-4-10-11-6-8-12(10)7-5-9/h3-4,6-8H,2H2,1H3. The lowest BCUT2D eigenvalue weighted by atomic mass is 10.2. The lowest BCUT2D eigenvalue weighted by Gasteiger charge is -1.90. The summed E-state index contributed by atoms with van der Waals surface area (Å²) in [4.78, 5) is 4.18.